The third kappa shape index (κ3) is 4.67. The summed E-state index contributed by atoms with van der Waals surface area (Å²) in [6, 6.07) is 25.5. The number of aliphatic hydroxyl groups is 1. The quantitative estimate of drug-likeness (QED) is 0.336. The van der Waals surface area contributed by atoms with Crippen LogP contribution in [0.2, 0.25) is 0 Å². The van der Waals surface area contributed by atoms with Gasteiger partial charge in [0.25, 0.3) is 0 Å². The van der Waals surface area contributed by atoms with Gasteiger partial charge >= 0.3 is 0 Å². The van der Waals surface area contributed by atoms with Crippen LogP contribution in [-0.4, -0.2) is 16.6 Å². The van der Waals surface area contributed by atoms with E-state index in [-0.39, 0.29) is 0 Å². The Bertz CT molecular complexity index is 1050. The van der Waals surface area contributed by atoms with Gasteiger partial charge in [0.05, 0.1) is 6.54 Å². The molecule has 0 unspecified atom stereocenters. The van der Waals surface area contributed by atoms with Crippen LogP contribution in [0.25, 0.3) is 0 Å². The Labute approximate surface area is 188 Å². The SMILES string of the molecule is CCCN(Cc1ccc(C(O)(c2ccccc2)c2ccccc2)o1)Cc1sccc1C. The lowest BCUT2D eigenvalue weighted by atomic mass is 9.84. The average Bonchev–Trinajstić information content (AvgIpc) is 3.44. The molecule has 0 saturated heterocycles. The topological polar surface area (TPSA) is 36.6 Å². The minimum Gasteiger partial charge on any atom is -0.461 e. The van der Waals surface area contributed by atoms with Crippen molar-refractivity contribution in [3.8, 4) is 0 Å². The molecule has 0 atom stereocenters. The molecular weight excluding hydrogens is 402 g/mol. The van der Waals surface area contributed by atoms with E-state index in [1.807, 2.05) is 72.8 Å². The third-order valence-electron chi connectivity index (χ3n) is 5.66. The first-order valence-electron chi connectivity index (χ1n) is 10.8. The van der Waals surface area contributed by atoms with Gasteiger partial charge in [0.15, 0.2) is 5.60 Å². The van der Waals surface area contributed by atoms with Gasteiger partial charge in [-0.05, 0) is 60.2 Å². The summed E-state index contributed by atoms with van der Waals surface area (Å²) in [5, 5.41) is 14.1. The zero-order chi connectivity index (χ0) is 21.7. The molecule has 0 aliphatic rings. The number of nitrogens with zero attached hydrogens (tertiary/aromatic N) is 1. The van der Waals surface area contributed by atoms with Crippen LogP contribution < -0.4 is 0 Å². The second-order valence-corrected chi connectivity index (χ2v) is 8.95. The van der Waals surface area contributed by atoms with E-state index in [0.717, 1.165) is 36.4 Å². The van der Waals surface area contributed by atoms with Crippen molar-refractivity contribution in [2.45, 2.75) is 39.0 Å². The number of benzene rings is 2. The summed E-state index contributed by atoms with van der Waals surface area (Å²) < 4.78 is 6.30. The summed E-state index contributed by atoms with van der Waals surface area (Å²) >= 11 is 1.81. The minimum atomic E-state index is -1.33. The number of furan rings is 1. The van der Waals surface area contributed by atoms with E-state index in [4.69, 9.17) is 4.42 Å². The highest BCUT2D eigenvalue weighted by molar-refractivity contribution is 7.10. The normalized spacial score (nSPS) is 11.9. The largest absolute Gasteiger partial charge is 0.461 e. The van der Waals surface area contributed by atoms with Crippen molar-refractivity contribution in [3.63, 3.8) is 0 Å². The molecule has 2 aromatic heterocycles. The fraction of sp³-hybridized carbons (Fsp3) is 0.259. The molecule has 2 aromatic carbocycles. The predicted octanol–water partition coefficient (Wildman–Crippen LogP) is 6.35. The van der Waals surface area contributed by atoms with Crippen molar-refractivity contribution in [2.75, 3.05) is 6.54 Å². The van der Waals surface area contributed by atoms with E-state index >= 15 is 0 Å². The van der Waals surface area contributed by atoms with Crippen molar-refractivity contribution < 1.29 is 9.52 Å². The van der Waals surface area contributed by atoms with Gasteiger partial charge in [0, 0.05) is 11.4 Å². The van der Waals surface area contributed by atoms with Crippen LogP contribution in [0.4, 0.5) is 0 Å². The summed E-state index contributed by atoms with van der Waals surface area (Å²) in [7, 11) is 0. The summed E-state index contributed by atoms with van der Waals surface area (Å²) in [5.41, 5.74) is 1.60. The van der Waals surface area contributed by atoms with Crippen LogP contribution in [0.5, 0.6) is 0 Å². The molecular formula is C27H29NO2S. The summed E-state index contributed by atoms with van der Waals surface area (Å²) in [4.78, 5) is 3.80. The first-order valence-corrected chi connectivity index (χ1v) is 11.7. The third-order valence-corrected chi connectivity index (χ3v) is 6.66. The maximum Gasteiger partial charge on any atom is 0.173 e. The van der Waals surface area contributed by atoms with Gasteiger partial charge in [-0.15, -0.1) is 11.3 Å². The number of hydrogen-bond acceptors (Lipinski definition) is 4. The first-order chi connectivity index (χ1) is 15.1. The molecule has 0 bridgehead atoms. The van der Waals surface area contributed by atoms with Gasteiger partial charge in [0.1, 0.15) is 11.5 Å². The molecule has 31 heavy (non-hydrogen) atoms. The van der Waals surface area contributed by atoms with Crippen LogP contribution in [0, 0.1) is 6.92 Å². The molecule has 0 aliphatic heterocycles. The average molecular weight is 432 g/mol. The standard InChI is InChI=1S/C27H29NO2S/c1-3-17-28(20-25-21(2)16-18-31-25)19-24-14-15-26(30-24)27(29,22-10-6-4-7-11-22)23-12-8-5-9-13-23/h4-16,18,29H,3,17,19-20H2,1-2H3. The van der Waals surface area contributed by atoms with E-state index < -0.39 is 5.60 Å². The van der Waals surface area contributed by atoms with Gasteiger partial charge < -0.3 is 9.52 Å². The fourth-order valence-corrected chi connectivity index (χ4v) is 4.93. The van der Waals surface area contributed by atoms with Gasteiger partial charge in [-0.2, -0.15) is 0 Å². The van der Waals surface area contributed by atoms with Crippen LogP contribution in [0.15, 0.2) is 88.7 Å². The number of rotatable bonds is 9. The van der Waals surface area contributed by atoms with Crippen molar-refractivity contribution in [2.24, 2.45) is 0 Å². The summed E-state index contributed by atoms with van der Waals surface area (Å²) in [6.45, 7) is 6.99. The molecule has 0 saturated carbocycles. The Morgan fingerprint density at radius 2 is 1.52 bits per heavy atom. The lowest BCUT2D eigenvalue weighted by molar-refractivity contribution is 0.0952. The Balaban J connectivity index is 1.64. The highest BCUT2D eigenvalue weighted by Gasteiger charge is 2.37. The highest BCUT2D eigenvalue weighted by Crippen LogP contribution is 2.37. The summed E-state index contributed by atoms with van der Waals surface area (Å²) in [6.07, 6.45) is 1.08. The Morgan fingerprint density at radius 3 is 2.06 bits per heavy atom. The van der Waals surface area contributed by atoms with Crippen molar-refractivity contribution >= 4 is 11.3 Å². The van der Waals surface area contributed by atoms with Crippen molar-refractivity contribution in [1.82, 2.24) is 4.90 Å². The maximum absolute atomic E-state index is 11.9. The van der Waals surface area contributed by atoms with Gasteiger partial charge in [-0.3, -0.25) is 4.90 Å². The predicted molar refractivity (Wildman–Crippen MR) is 127 cm³/mol. The van der Waals surface area contributed by atoms with Crippen LogP contribution in [0.1, 0.15) is 46.4 Å². The van der Waals surface area contributed by atoms with E-state index in [9.17, 15) is 5.11 Å². The second kappa shape index (κ2) is 9.65. The van der Waals surface area contributed by atoms with E-state index in [2.05, 4.69) is 30.2 Å². The van der Waals surface area contributed by atoms with E-state index in [1.54, 1.807) is 11.3 Å². The summed E-state index contributed by atoms with van der Waals surface area (Å²) in [5.74, 6) is 1.41. The van der Waals surface area contributed by atoms with Gasteiger partial charge in [0.2, 0.25) is 0 Å². The highest BCUT2D eigenvalue weighted by atomic mass is 32.1. The molecule has 3 nitrogen and oxygen atoms in total. The van der Waals surface area contributed by atoms with Crippen LogP contribution in [-0.2, 0) is 18.7 Å². The van der Waals surface area contributed by atoms with Crippen molar-refractivity contribution in [3.05, 3.63) is 117 Å². The molecule has 4 aromatic rings. The Kier molecular flexibility index (Phi) is 6.71. The minimum absolute atomic E-state index is 0.545. The fourth-order valence-electron chi connectivity index (χ4n) is 3.99. The van der Waals surface area contributed by atoms with E-state index in [0.29, 0.717) is 12.3 Å². The second-order valence-electron chi connectivity index (χ2n) is 7.95. The molecule has 1 N–H and O–H groups in total. The van der Waals surface area contributed by atoms with Gasteiger partial charge in [-0.1, -0.05) is 67.6 Å². The van der Waals surface area contributed by atoms with E-state index in [1.165, 1.54) is 10.4 Å². The van der Waals surface area contributed by atoms with Crippen LogP contribution >= 0.6 is 11.3 Å². The Morgan fingerprint density at radius 1 is 0.871 bits per heavy atom. The lowest BCUT2D eigenvalue weighted by Crippen LogP contribution is -2.28. The molecule has 0 radical (unpaired) electrons. The molecule has 0 spiro atoms. The first kappa shape index (κ1) is 21.6. The molecule has 160 valence electrons. The molecule has 2 heterocycles. The monoisotopic (exact) mass is 431 g/mol. The van der Waals surface area contributed by atoms with Crippen molar-refractivity contribution in [1.29, 1.82) is 0 Å². The van der Waals surface area contributed by atoms with Gasteiger partial charge in [-0.25, -0.2) is 0 Å². The zero-order valence-corrected chi connectivity index (χ0v) is 18.9. The number of aryl methyl sites for hydroxylation is 1. The number of hydrogen-bond donors (Lipinski definition) is 1. The molecule has 4 rings (SSSR count). The Hall–Kier alpha value is -2.66. The maximum atomic E-state index is 11.9. The number of thiophene rings is 1. The molecule has 0 aliphatic carbocycles. The smallest absolute Gasteiger partial charge is 0.173 e. The molecule has 0 fully saturated rings. The molecule has 0 amide bonds. The molecule has 4 heteroatoms. The lowest BCUT2D eigenvalue weighted by Gasteiger charge is -2.27. The van der Waals surface area contributed by atoms with Crippen LogP contribution in [0.3, 0.4) is 0 Å². The zero-order valence-electron chi connectivity index (χ0n) is 18.1.